The van der Waals surface area contributed by atoms with Crippen LogP contribution >= 0.6 is 0 Å². The quantitative estimate of drug-likeness (QED) is 0.826. The second-order valence-electron chi connectivity index (χ2n) is 7.67. The van der Waals surface area contributed by atoms with E-state index in [1.807, 2.05) is 0 Å². The molecule has 2 N–H and O–H groups in total. The van der Waals surface area contributed by atoms with Gasteiger partial charge in [-0.15, -0.1) is 0 Å². The number of piperidine rings is 1. The molecule has 2 heterocycles. The van der Waals surface area contributed by atoms with Crippen LogP contribution in [-0.2, 0) is 9.53 Å². The lowest BCUT2D eigenvalue weighted by molar-refractivity contribution is -0.122. The van der Waals surface area contributed by atoms with Gasteiger partial charge >= 0.3 is 0 Å². The zero-order valence-electron chi connectivity index (χ0n) is 14.6. The molecule has 5 heteroatoms. The van der Waals surface area contributed by atoms with Crippen molar-refractivity contribution in [2.75, 3.05) is 33.3 Å². The number of amides is 1. The van der Waals surface area contributed by atoms with Crippen molar-refractivity contribution in [1.29, 1.82) is 0 Å². The van der Waals surface area contributed by atoms with Crippen molar-refractivity contribution >= 4 is 5.91 Å². The molecule has 23 heavy (non-hydrogen) atoms. The van der Waals surface area contributed by atoms with Crippen molar-refractivity contribution in [3.8, 4) is 0 Å². The highest BCUT2D eigenvalue weighted by atomic mass is 16.5. The van der Waals surface area contributed by atoms with Gasteiger partial charge in [-0.05, 0) is 38.5 Å². The molecular formula is C18H33N3O2. The molecule has 5 nitrogen and oxygen atoms in total. The second-order valence-corrected chi connectivity index (χ2v) is 7.67. The Hall–Kier alpha value is -0.650. The van der Waals surface area contributed by atoms with E-state index in [1.54, 1.807) is 7.05 Å². The minimum absolute atomic E-state index is 0.125. The number of nitrogens with zero attached hydrogens (tertiary/aromatic N) is 1. The van der Waals surface area contributed by atoms with Crippen molar-refractivity contribution in [2.24, 2.45) is 0 Å². The van der Waals surface area contributed by atoms with Crippen LogP contribution in [-0.4, -0.2) is 61.8 Å². The molecule has 1 saturated carbocycles. The topological polar surface area (TPSA) is 53.6 Å². The van der Waals surface area contributed by atoms with Crippen LogP contribution in [0.5, 0.6) is 0 Å². The molecule has 0 bridgehead atoms. The zero-order chi connectivity index (χ0) is 16.1. The summed E-state index contributed by atoms with van der Waals surface area (Å²) in [5, 5.41) is 6.62. The predicted octanol–water partition coefficient (Wildman–Crippen LogP) is 1.67. The Morgan fingerprint density at radius 1 is 1.13 bits per heavy atom. The number of carbonyl (C=O) groups excluding carboxylic acids is 1. The SMILES string of the molecule is CNC(=O)CN1CCC(NC2CCOC3(CCCCC3)C2)CC1. The van der Waals surface area contributed by atoms with Crippen molar-refractivity contribution < 1.29 is 9.53 Å². The monoisotopic (exact) mass is 323 g/mol. The Kier molecular flexibility index (Phi) is 5.94. The average molecular weight is 323 g/mol. The lowest BCUT2D eigenvalue weighted by Crippen LogP contribution is -2.53. The molecule has 2 aliphatic heterocycles. The molecule has 1 unspecified atom stereocenters. The fraction of sp³-hybridized carbons (Fsp3) is 0.944. The molecule has 2 saturated heterocycles. The first-order valence-electron chi connectivity index (χ1n) is 9.52. The first-order valence-corrected chi connectivity index (χ1v) is 9.52. The summed E-state index contributed by atoms with van der Waals surface area (Å²) in [6, 6.07) is 1.23. The number of nitrogens with one attached hydrogen (secondary N) is 2. The summed E-state index contributed by atoms with van der Waals surface area (Å²) >= 11 is 0. The first-order chi connectivity index (χ1) is 11.2. The van der Waals surface area contributed by atoms with Crippen molar-refractivity contribution in [1.82, 2.24) is 15.5 Å². The molecule has 0 radical (unpaired) electrons. The maximum Gasteiger partial charge on any atom is 0.233 e. The minimum atomic E-state index is 0.125. The van der Waals surface area contributed by atoms with E-state index in [1.165, 1.54) is 38.5 Å². The Morgan fingerprint density at radius 3 is 2.57 bits per heavy atom. The van der Waals surface area contributed by atoms with Crippen LogP contribution in [0.15, 0.2) is 0 Å². The zero-order valence-corrected chi connectivity index (χ0v) is 14.6. The van der Waals surface area contributed by atoms with Crippen LogP contribution in [0, 0.1) is 0 Å². The lowest BCUT2D eigenvalue weighted by Gasteiger charge is -2.45. The van der Waals surface area contributed by atoms with Crippen LogP contribution in [0.25, 0.3) is 0 Å². The summed E-state index contributed by atoms with van der Waals surface area (Å²) in [7, 11) is 1.71. The summed E-state index contributed by atoms with van der Waals surface area (Å²) in [6.45, 7) is 3.52. The first kappa shape index (κ1) is 17.2. The molecule has 0 aromatic carbocycles. The molecule has 3 fully saturated rings. The summed E-state index contributed by atoms with van der Waals surface area (Å²) in [5.41, 5.74) is 0.189. The van der Waals surface area contributed by atoms with E-state index in [0.29, 0.717) is 18.6 Å². The highest BCUT2D eigenvalue weighted by Gasteiger charge is 2.39. The van der Waals surface area contributed by atoms with E-state index in [0.717, 1.165) is 39.0 Å². The van der Waals surface area contributed by atoms with E-state index in [-0.39, 0.29) is 11.5 Å². The molecule has 0 aromatic heterocycles. The summed E-state index contributed by atoms with van der Waals surface area (Å²) in [5.74, 6) is 0.125. The van der Waals surface area contributed by atoms with Crippen LogP contribution in [0.2, 0.25) is 0 Å². The fourth-order valence-corrected chi connectivity index (χ4v) is 4.59. The highest BCUT2D eigenvalue weighted by molar-refractivity contribution is 5.77. The predicted molar refractivity (Wildman–Crippen MR) is 91.5 cm³/mol. The van der Waals surface area contributed by atoms with E-state index in [9.17, 15) is 4.79 Å². The molecule has 1 atom stereocenters. The van der Waals surface area contributed by atoms with Gasteiger partial charge < -0.3 is 15.4 Å². The fourth-order valence-electron chi connectivity index (χ4n) is 4.59. The van der Waals surface area contributed by atoms with Gasteiger partial charge in [-0.25, -0.2) is 0 Å². The molecular weight excluding hydrogens is 290 g/mol. The number of hydrogen-bond acceptors (Lipinski definition) is 4. The van der Waals surface area contributed by atoms with Gasteiger partial charge in [0.1, 0.15) is 0 Å². The second kappa shape index (κ2) is 7.95. The van der Waals surface area contributed by atoms with Gasteiger partial charge in [0.05, 0.1) is 12.1 Å². The molecule has 1 aliphatic carbocycles. The van der Waals surface area contributed by atoms with Crippen LogP contribution < -0.4 is 10.6 Å². The van der Waals surface area contributed by atoms with E-state index >= 15 is 0 Å². The van der Waals surface area contributed by atoms with Gasteiger partial charge in [-0.1, -0.05) is 19.3 Å². The van der Waals surface area contributed by atoms with Gasteiger partial charge in [0.25, 0.3) is 0 Å². The standard InChI is InChI=1S/C18H33N3O2/c1-19-17(22)14-21-10-5-15(6-11-21)20-16-7-12-23-18(13-16)8-3-2-4-9-18/h15-16,20H,2-14H2,1H3,(H,19,22). The highest BCUT2D eigenvalue weighted by Crippen LogP contribution is 2.38. The number of carbonyl (C=O) groups is 1. The maximum absolute atomic E-state index is 11.5. The van der Waals surface area contributed by atoms with Crippen LogP contribution in [0.3, 0.4) is 0 Å². The van der Waals surface area contributed by atoms with Gasteiger partial charge in [0.2, 0.25) is 5.91 Å². The van der Waals surface area contributed by atoms with Crippen molar-refractivity contribution in [2.45, 2.75) is 75.5 Å². The van der Waals surface area contributed by atoms with E-state index in [4.69, 9.17) is 4.74 Å². The van der Waals surface area contributed by atoms with Gasteiger partial charge in [-0.3, -0.25) is 9.69 Å². The van der Waals surface area contributed by atoms with Gasteiger partial charge in [-0.2, -0.15) is 0 Å². The van der Waals surface area contributed by atoms with Crippen LogP contribution in [0.1, 0.15) is 57.8 Å². The third kappa shape index (κ3) is 4.68. The average Bonchev–Trinajstić information content (AvgIpc) is 2.57. The number of ether oxygens (including phenoxy) is 1. The van der Waals surface area contributed by atoms with Crippen molar-refractivity contribution in [3.63, 3.8) is 0 Å². The van der Waals surface area contributed by atoms with Crippen LogP contribution in [0.4, 0.5) is 0 Å². The smallest absolute Gasteiger partial charge is 0.233 e. The molecule has 3 aliphatic rings. The Bertz CT molecular complexity index is 382. The Labute approximate surface area is 140 Å². The van der Waals surface area contributed by atoms with Gasteiger partial charge in [0.15, 0.2) is 0 Å². The van der Waals surface area contributed by atoms with E-state index < -0.39 is 0 Å². The third-order valence-corrected chi connectivity index (χ3v) is 5.96. The molecule has 0 aromatic rings. The maximum atomic E-state index is 11.5. The Morgan fingerprint density at radius 2 is 1.87 bits per heavy atom. The number of rotatable bonds is 4. The van der Waals surface area contributed by atoms with Gasteiger partial charge in [0, 0.05) is 38.8 Å². The molecule has 3 rings (SSSR count). The third-order valence-electron chi connectivity index (χ3n) is 5.96. The number of likely N-dealkylation sites (tertiary alicyclic amines) is 1. The molecule has 132 valence electrons. The molecule has 1 spiro atoms. The summed E-state index contributed by atoms with van der Waals surface area (Å²) in [4.78, 5) is 13.7. The summed E-state index contributed by atoms with van der Waals surface area (Å²) < 4.78 is 6.21. The number of likely N-dealkylation sites (N-methyl/N-ethyl adjacent to an activating group) is 1. The normalized spacial score (nSPS) is 29.5. The van der Waals surface area contributed by atoms with Crippen molar-refractivity contribution in [3.05, 3.63) is 0 Å². The number of hydrogen-bond donors (Lipinski definition) is 2. The lowest BCUT2D eigenvalue weighted by atomic mass is 9.78. The largest absolute Gasteiger partial charge is 0.375 e. The minimum Gasteiger partial charge on any atom is -0.375 e. The summed E-state index contributed by atoms with van der Waals surface area (Å²) in [6.07, 6.45) is 11.2. The molecule has 1 amide bonds. The van der Waals surface area contributed by atoms with E-state index in [2.05, 4.69) is 15.5 Å². The Balaban J connectivity index is 1.42.